The lowest BCUT2D eigenvalue weighted by Gasteiger charge is -2.31. The molecule has 0 bridgehead atoms. The summed E-state index contributed by atoms with van der Waals surface area (Å²) < 4.78 is 22.3. The molecule has 0 saturated carbocycles. The Balaban J connectivity index is 1.90. The van der Waals surface area contributed by atoms with Crippen molar-refractivity contribution in [1.82, 2.24) is 10.2 Å². The normalized spacial score (nSPS) is 34.9. The Hall–Kier alpha value is -0.130. The van der Waals surface area contributed by atoms with Crippen LogP contribution in [0.25, 0.3) is 0 Å². The van der Waals surface area contributed by atoms with Gasteiger partial charge in [0.25, 0.3) is 0 Å². The van der Waals surface area contributed by atoms with Crippen molar-refractivity contribution < 1.29 is 8.42 Å². The Labute approximate surface area is 79.2 Å². The number of rotatable bonds is 1. The van der Waals surface area contributed by atoms with E-state index < -0.39 is 9.84 Å². The highest BCUT2D eigenvalue weighted by molar-refractivity contribution is 7.91. The molecule has 76 valence electrons. The summed E-state index contributed by atoms with van der Waals surface area (Å²) in [5.74, 6) is 0.701. The summed E-state index contributed by atoms with van der Waals surface area (Å²) in [5.41, 5.74) is 0. The molecular weight excluding hydrogens is 188 g/mol. The Bertz CT molecular complexity index is 256. The molecular formula is C8H16N2O2S. The quantitative estimate of drug-likeness (QED) is 0.600. The van der Waals surface area contributed by atoms with Gasteiger partial charge in [-0.1, -0.05) is 0 Å². The first-order valence-corrected chi connectivity index (χ1v) is 6.65. The fourth-order valence-electron chi connectivity index (χ4n) is 2.04. The van der Waals surface area contributed by atoms with Crippen LogP contribution in [0, 0.1) is 0 Å². The average Bonchev–Trinajstić information content (AvgIpc) is 2.56. The monoisotopic (exact) mass is 204 g/mol. The third-order valence-corrected chi connectivity index (χ3v) is 4.54. The number of nitrogens with one attached hydrogen (secondary N) is 1. The first kappa shape index (κ1) is 9.43. The molecule has 4 nitrogen and oxygen atoms in total. The van der Waals surface area contributed by atoms with E-state index in [2.05, 4.69) is 10.2 Å². The Kier molecular flexibility index (Phi) is 2.58. The second kappa shape index (κ2) is 3.55. The minimum absolute atomic E-state index is 0.351. The van der Waals surface area contributed by atoms with Crippen LogP contribution in [-0.4, -0.2) is 57.0 Å². The molecule has 0 aromatic rings. The molecule has 1 N–H and O–H groups in total. The molecule has 2 aliphatic heterocycles. The second-order valence-electron chi connectivity index (χ2n) is 3.83. The zero-order valence-corrected chi connectivity index (χ0v) is 8.52. The minimum Gasteiger partial charge on any atom is -0.315 e. The number of sulfone groups is 1. The maximum absolute atomic E-state index is 11.2. The van der Waals surface area contributed by atoms with Gasteiger partial charge in [0.2, 0.25) is 0 Å². The third-order valence-electron chi connectivity index (χ3n) is 2.93. The van der Waals surface area contributed by atoms with Crippen molar-refractivity contribution in [2.24, 2.45) is 0 Å². The molecule has 2 fully saturated rings. The van der Waals surface area contributed by atoms with Crippen LogP contribution in [-0.2, 0) is 9.84 Å². The van der Waals surface area contributed by atoms with Crippen LogP contribution in [0.4, 0.5) is 0 Å². The summed E-state index contributed by atoms with van der Waals surface area (Å²) in [6, 6.07) is 0.579. The van der Waals surface area contributed by atoms with Crippen LogP contribution < -0.4 is 5.32 Å². The van der Waals surface area contributed by atoms with E-state index >= 15 is 0 Å². The van der Waals surface area contributed by atoms with E-state index in [4.69, 9.17) is 0 Å². The van der Waals surface area contributed by atoms with Gasteiger partial charge in [0.15, 0.2) is 9.84 Å². The molecule has 1 atom stereocenters. The molecule has 0 amide bonds. The molecule has 0 aromatic carbocycles. The Morgan fingerprint density at radius 1 is 1.23 bits per heavy atom. The van der Waals surface area contributed by atoms with E-state index in [1.54, 1.807) is 0 Å². The fourth-order valence-corrected chi connectivity index (χ4v) is 3.27. The summed E-state index contributed by atoms with van der Waals surface area (Å²) in [7, 11) is -2.71. The van der Waals surface area contributed by atoms with Gasteiger partial charge < -0.3 is 5.32 Å². The second-order valence-corrected chi connectivity index (χ2v) is 6.14. The predicted molar refractivity (Wildman–Crippen MR) is 51.5 cm³/mol. The van der Waals surface area contributed by atoms with Gasteiger partial charge in [-0.3, -0.25) is 4.90 Å². The highest BCUT2D eigenvalue weighted by Gasteiger charge is 2.28. The minimum atomic E-state index is -2.71. The van der Waals surface area contributed by atoms with Gasteiger partial charge in [-0.25, -0.2) is 8.42 Å². The molecule has 0 aromatic heterocycles. The van der Waals surface area contributed by atoms with Crippen molar-refractivity contribution in [1.29, 1.82) is 0 Å². The lowest BCUT2D eigenvalue weighted by Crippen LogP contribution is -2.46. The van der Waals surface area contributed by atoms with Crippen molar-refractivity contribution in [2.75, 3.05) is 37.7 Å². The first-order valence-electron chi connectivity index (χ1n) is 4.82. The van der Waals surface area contributed by atoms with Crippen LogP contribution in [0.5, 0.6) is 0 Å². The number of hydrogen-bond acceptors (Lipinski definition) is 4. The molecule has 2 heterocycles. The Morgan fingerprint density at radius 2 is 1.92 bits per heavy atom. The molecule has 1 unspecified atom stereocenters. The van der Waals surface area contributed by atoms with Crippen LogP contribution in [0.3, 0.4) is 0 Å². The topological polar surface area (TPSA) is 49.4 Å². The Morgan fingerprint density at radius 3 is 2.46 bits per heavy atom. The van der Waals surface area contributed by atoms with Gasteiger partial charge in [-0.05, 0) is 13.0 Å². The lowest BCUT2D eigenvalue weighted by atomic mass is 10.2. The van der Waals surface area contributed by atoms with Gasteiger partial charge in [-0.15, -0.1) is 0 Å². The molecule has 13 heavy (non-hydrogen) atoms. The van der Waals surface area contributed by atoms with Crippen LogP contribution in [0.2, 0.25) is 0 Å². The van der Waals surface area contributed by atoms with Crippen molar-refractivity contribution in [3.05, 3.63) is 0 Å². The predicted octanol–water partition coefficient (Wildman–Crippen LogP) is -0.921. The molecule has 0 spiro atoms. The van der Waals surface area contributed by atoms with Gasteiger partial charge in [-0.2, -0.15) is 0 Å². The van der Waals surface area contributed by atoms with E-state index in [-0.39, 0.29) is 0 Å². The zero-order valence-electron chi connectivity index (χ0n) is 7.70. The van der Waals surface area contributed by atoms with E-state index in [1.165, 1.54) is 6.42 Å². The van der Waals surface area contributed by atoms with Crippen LogP contribution in [0.15, 0.2) is 0 Å². The van der Waals surface area contributed by atoms with Gasteiger partial charge in [0, 0.05) is 25.7 Å². The number of nitrogens with zero attached hydrogens (tertiary/aromatic N) is 1. The molecule has 0 aliphatic carbocycles. The van der Waals surface area contributed by atoms with E-state index in [9.17, 15) is 8.42 Å². The summed E-state index contributed by atoms with van der Waals surface area (Å²) in [6.07, 6.45) is 1.17. The van der Waals surface area contributed by atoms with Gasteiger partial charge in [0.05, 0.1) is 11.5 Å². The van der Waals surface area contributed by atoms with Crippen LogP contribution >= 0.6 is 0 Å². The third kappa shape index (κ3) is 2.21. The highest BCUT2D eigenvalue weighted by atomic mass is 32.2. The maximum atomic E-state index is 11.2. The summed E-state index contributed by atoms with van der Waals surface area (Å²) in [5, 5.41) is 3.30. The van der Waals surface area contributed by atoms with Gasteiger partial charge >= 0.3 is 0 Å². The maximum Gasteiger partial charge on any atom is 0.152 e. The summed E-state index contributed by atoms with van der Waals surface area (Å²) in [4.78, 5) is 2.31. The van der Waals surface area contributed by atoms with E-state index in [0.29, 0.717) is 17.5 Å². The summed E-state index contributed by atoms with van der Waals surface area (Å²) >= 11 is 0. The zero-order chi connectivity index (χ0) is 9.31. The van der Waals surface area contributed by atoms with Crippen molar-refractivity contribution in [3.8, 4) is 0 Å². The standard InChI is InChI=1S/C8H16N2O2S/c11-13(12)5-3-10(4-6-13)8-1-2-9-7-8/h8-9H,1-7H2. The molecule has 2 aliphatic rings. The average molecular weight is 204 g/mol. The molecule has 0 radical (unpaired) electrons. The smallest absolute Gasteiger partial charge is 0.152 e. The van der Waals surface area contributed by atoms with Crippen molar-refractivity contribution in [3.63, 3.8) is 0 Å². The number of hydrogen-bond donors (Lipinski definition) is 1. The van der Waals surface area contributed by atoms with E-state index in [1.807, 2.05) is 0 Å². The van der Waals surface area contributed by atoms with Crippen molar-refractivity contribution >= 4 is 9.84 Å². The molecule has 5 heteroatoms. The molecule has 2 rings (SSSR count). The fraction of sp³-hybridized carbons (Fsp3) is 1.00. The van der Waals surface area contributed by atoms with Crippen molar-refractivity contribution in [2.45, 2.75) is 12.5 Å². The van der Waals surface area contributed by atoms with Gasteiger partial charge in [0.1, 0.15) is 0 Å². The van der Waals surface area contributed by atoms with Crippen LogP contribution in [0.1, 0.15) is 6.42 Å². The SMILES string of the molecule is O=S1(=O)CCN(C2CCNC2)CC1. The van der Waals surface area contributed by atoms with E-state index in [0.717, 1.165) is 26.2 Å². The molecule has 2 saturated heterocycles. The largest absolute Gasteiger partial charge is 0.315 e. The first-order chi connectivity index (χ1) is 6.17. The highest BCUT2D eigenvalue weighted by Crippen LogP contribution is 2.12. The summed E-state index contributed by atoms with van der Waals surface area (Å²) in [6.45, 7) is 3.57. The lowest BCUT2D eigenvalue weighted by molar-refractivity contribution is 0.225.